The predicted octanol–water partition coefficient (Wildman–Crippen LogP) is 16.2. The number of nitrogens with one attached hydrogen (secondary N) is 6. The third kappa shape index (κ3) is 12.3. The Balaban J connectivity index is 1.30. The minimum absolute atomic E-state index is 0.157. The molecule has 4 amide bonds. The number of carbonyl (C=O) groups is 4. The van der Waals surface area contributed by atoms with Gasteiger partial charge in [0.25, 0.3) is 5.91 Å². The number of para-hydroxylation sites is 5. The number of aromatic nitrogens is 4. The van der Waals surface area contributed by atoms with E-state index in [-0.39, 0.29) is 30.2 Å². The first-order valence-corrected chi connectivity index (χ1v) is 29.0. The number of hydrogen-bond donors (Lipinski definition) is 6. The van der Waals surface area contributed by atoms with Gasteiger partial charge >= 0.3 is 0 Å². The van der Waals surface area contributed by atoms with Crippen molar-refractivity contribution in [2.45, 2.75) is 68.1 Å². The molecule has 0 spiro atoms. The van der Waals surface area contributed by atoms with Gasteiger partial charge in [0.2, 0.25) is 17.7 Å². The minimum Gasteiger partial charge on any atom is -0.483 e. The van der Waals surface area contributed by atoms with Crippen LogP contribution in [0.3, 0.4) is 0 Å². The van der Waals surface area contributed by atoms with Gasteiger partial charge < -0.3 is 36.0 Å². The van der Waals surface area contributed by atoms with Gasteiger partial charge in [0.05, 0.1) is 22.8 Å². The lowest BCUT2D eigenvalue weighted by atomic mass is 9.94. The Morgan fingerprint density at radius 2 is 0.723 bits per heavy atom. The summed E-state index contributed by atoms with van der Waals surface area (Å²) in [7, 11) is 0. The molecule has 2 aliphatic rings. The maximum atomic E-state index is 14.1. The lowest BCUT2D eigenvalue weighted by Crippen LogP contribution is -2.27. The van der Waals surface area contributed by atoms with E-state index < -0.39 is 16.2 Å². The van der Waals surface area contributed by atoms with Crippen molar-refractivity contribution < 1.29 is 23.9 Å². The molecule has 420 valence electrons. The van der Waals surface area contributed by atoms with Gasteiger partial charge in [0.1, 0.15) is 5.75 Å². The zero-order chi connectivity index (χ0) is 58.8. The van der Waals surface area contributed by atoms with E-state index in [1.54, 1.807) is 11.8 Å². The Morgan fingerprint density at radius 3 is 1.05 bits per heavy atom. The van der Waals surface area contributed by atoms with E-state index in [1.807, 2.05) is 238 Å². The molecule has 0 saturated carbocycles. The highest BCUT2D eigenvalue weighted by atomic mass is 32.2. The standard InChI is InChI=1S/C69H68N8O5S/c1-67(2,3)64(79)75-47-27-17-13-23-43(47)61-52-33-31-50(70-52)60(42-22-12-16-26-46(42)74-59(78)39-82-58-30-20-11-21-41(58)40-83-10)51-32-34-53(71-51)62(44-24-14-18-28-48(44)76-65(80)68(4,5)6)55-36-38-57(73-55)63(56-37-35-54(61)72-56)45-25-15-19-29-49(45)77-66(81)69(7,8)9/h11-38,70,73H,39-40H2,1-10H3,(H,74,78)(H,75,79)(H,76,80)(H,77,81). The van der Waals surface area contributed by atoms with E-state index in [0.717, 1.165) is 16.9 Å². The largest absolute Gasteiger partial charge is 0.483 e. The number of fused-ring (bicyclic) bond motifs is 8. The number of thioether (sulfide) groups is 1. The van der Waals surface area contributed by atoms with Gasteiger partial charge in [-0.25, -0.2) is 9.97 Å². The molecule has 0 saturated heterocycles. The molecular formula is C69H68N8O5S. The second-order valence-corrected chi connectivity index (χ2v) is 24.5. The van der Waals surface area contributed by atoms with Crippen molar-refractivity contribution >= 4 is 105 Å². The summed E-state index contributed by atoms with van der Waals surface area (Å²) in [6.45, 7) is 16.7. The molecule has 0 radical (unpaired) electrons. The first-order valence-electron chi connectivity index (χ1n) is 27.6. The number of benzene rings is 5. The molecule has 3 aromatic heterocycles. The van der Waals surface area contributed by atoms with Gasteiger partial charge in [0, 0.05) is 117 Å². The van der Waals surface area contributed by atoms with E-state index in [9.17, 15) is 19.2 Å². The number of rotatable bonds is 13. The van der Waals surface area contributed by atoms with Crippen LogP contribution in [0, 0.1) is 16.2 Å². The van der Waals surface area contributed by atoms with Gasteiger partial charge in [-0.3, -0.25) is 19.2 Å². The lowest BCUT2D eigenvalue weighted by molar-refractivity contribution is -0.123. The molecule has 5 heterocycles. The smallest absolute Gasteiger partial charge is 0.262 e. The molecule has 6 N–H and O–H groups in total. The van der Waals surface area contributed by atoms with Crippen LogP contribution in [0.15, 0.2) is 146 Å². The van der Waals surface area contributed by atoms with Crippen molar-refractivity contribution in [3.63, 3.8) is 0 Å². The second-order valence-electron chi connectivity index (χ2n) is 23.7. The molecule has 14 heteroatoms. The molecule has 0 aliphatic carbocycles. The normalized spacial score (nSPS) is 12.2. The molecule has 8 aromatic rings. The Labute approximate surface area is 488 Å². The second kappa shape index (κ2) is 23.3. The van der Waals surface area contributed by atoms with Crippen molar-refractivity contribution in [1.82, 2.24) is 19.9 Å². The van der Waals surface area contributed by atoms with Crippen molar-refractivity contribution in [2.75, 3.05) is 34.1 Å². The summed E-state index contributed by atoms with van der Waals surface area (Å²) in [4.78, 5) is 74.4. The van der Waals surface area contributed by atoms with Crippen LogP contribution in [0.1, 0.15) is 90.7 Å². The van der Waals surface area contributed by atoms with E-state index in [1.165, 1.54) is 0 Å². The number of nitrogens with zero attached hydrogens (tertiary/aromatic N) is 2. The third-order valence-electron chi connectivity index (χ3n) is 14.2. The Bertz CT molecular complexity index is 4040. The quantitative estimate of drug-likeness (QED) is 0.0659. The Morgan fingerprint density at radius 1 is 0.422 bits per heavy atom. The third-order valence-corrected chi connectivity index (χ3v) is 14.8. The number of aromatic amines is 2. The highest BCUT2D eigenvalue weighted by molar-refractivity contribution is 7.97. The highest BCUT2D eigenvalue weighted by Crippen LogP contribution is 2.44. The van der Waals surface area contributed by atoms with E-state index in [4.69, 9.17) is 14.7 Å². The summed E-state index contributed by atoms with van der Waals surface area (Å²) >= 11 is 1.67. The first kappa shape index (κ1) is 57.0. The maximum absolute atomic E-state index is 14.1. The van der Waals surface area contributed by atoms with Crippen LogP contribution < -0.4 is 26.0 Å². The van der Waals surface area contributed by atoms with Crippen LogP contribution in [0.5, 0.6) is 5.75 Å². The van der Waals surface area contributed by atoms with Gasteiger partial charge in [0.15, 0.2) is 6.61 Å². The molecule has 10 rings (SSSR count). The molecule has 2 aliphatic heterocycles. The zero-order valence-electron chi connectivity index (χ0n) is 48.4. The summed E-state index contributed by atoms with van der Waals surface area (Å²) in [6.07, 6.45) is 9.90. The highest BCUT2D eigenvalue weighted by Gasteiger charge is 2.28. The molecule has 8 bridgehead atoms. The fraction of sp³-hybridized carbons (Fsp3) is 0.217. The predicted molar refractivity (Wildman–Crippen MR) is 343 cm³/mol. The average Bonchev–Trinajstić information content (AvgIpc) is 3.82. The molecule has 5 aromatic carbocycles. The van der Waals surface area contributed by atoms with Crippen LogP contribution in [0.25, 0.3) is 90.9 Å². The molecule has 0 unspecified atom stereocenters. The van der Waals surface area contributed by atoms with E-state index in [2.05, 4.69) is 31.2 Å². The molecule has 83 heavy (non-hydrogen) atoms. The van der Waals surface area contributed by atoms with E-state index in [0.29, 0.717) is 112 Å². The summed E-state index contributed by atoms with van der Waals surface area (Å²) < 4.78 is 6.15. The Kier molecular flexibility index (Phi) is 16.0. The summed E-state index contributed by atoms with van der Waals surface area (Å²) in [5, 5.41) is 12.9. The van der Waals surface area contributed by atoms with Crippen molar-refractivity contribution in [3.8, 4) is 50.3 Å². The average molecular weight is 1120 g/mol. The number of amides is 4. The summed E-state index contributed by atoms with van der Waals surface area (Å²) in [5.74, 6) is 0.554. The van der Waals surface area contributed by atoms with Crippen LogP contribution in [-0.2, 0) is 24.9 Å². The fourth-order valence-corrected chi connectivity index (χ4v) is 10.3. The topological polar surface area (TPSA) is 183 Å². The summed E-state index contributed by atoms with van der Waals surface area (Å²) in [5.41, 5.74) is 11.8. The van der Waals surface area contributed by atoms with Crippen LogP contribution in [0.2, 0.25) is 0 Å². The zero-order valence-corrected chi connectivity index (χ0v) is 49.2. The van der Waals surface area contributed by atoms with Gasteiger partial charge in [-0.05, 0) is 85.2 Å². The number of hydrogen-bond acceptors (Lipinski definition) is 8. The van der Waals surface area contributed by atoms with Crippen molar-refractivity contribution in [3.05, 3.63) is 174 Å². The summed E-state index contributed by atoms with van der Waals surface area (Å²) in [6, 6.07) is 46.4. The molecular weight excluding hydrogens is 1050 g/mol. The lowest BCUT2D eigenvalue weighted by Gasteiger charge is -2.20. The van der Waals surface area contributed by atoms with Crippen molar-refractivity contribution in [2.24, 2.45) is 16.2 Å². The maximum Gasteiger partial charge on any atom is 0.262 e. The Hall–Kier alpha value is -9.27. The first-order chi connectivity index (χ1) is 39.7. The minimum atomic E-state index is -0.708. The van der Waals surface area contributed by atoms with Crippen LogP contribution >= 0.6 is 11.8 Å². The van der Waals surface area contributed by atoms with Crippen LogP contribution in [0.4, 0.5) is 22.7 Å². The SMILES string of the molecule is CSCc1ccccc1OCC(=O)Nc1ccccc1-c1c2nc(c(-c3ccccc3NC(=O)C(C)(C)C)c3ccc([nH]3)c(-c3ccccc3NC(=O)C(C)(C)C)c3nc(c(-c4ccccc4NC(=O)C(C)(C)C)c4ccc1[nH]4)C=C3)C=C2. The van der Waals surface area contributed by atoms with Crippen molar-refractivity contribution in [1.29, 1.82) is 0 Å². The number of anilines is 4. The van der Waals surface area contributed by atoms with E-state index >= 15 is 0 Å². The molecule has 0 fully saturated rings. The van der Waals surface area contributed by atoms with Gasteiger partial charge in [-0.15, -0.1) is 0 Å². The fourth-order valence-electron chi connectivity index (χ4n) is 9.76. The number of H-pyrrole nitrogens is 2. The number of carbonyl (C=O) groups excluding carboxylic acids is 4. The molecule has 13 nitrogen and oxygen atoms in total. The monoisotopic (exact) mass is 1120 g/mol. The van der Waals surface area contributed by atoms with Gasteiger partial charge in [-0.1, -0.05) is 153 Å². The van der Waals surface area contributed by atoms with Gasteiger partial charge in [-0.2, -0.15) is 11.8 Å². The van der Waals surface area contributed by atoms with Crippen LogP contribution in [-0.4, -0.2) is 56.4 Å². The number of ether oxygens (including phenoxy) is 1. The molecule has 0 atom stereocenters.